The van der Waals surface area contributed by atoms with Gasteiger partial charge in [-0.15, -0.1) is 0 Å². The molecule has 0 amide bonds. The van der Waals surface area contributed by atoms with Crippen molar-refractivity contribution in [2.45, 2.75) is 44.4 Å². The van der Waals surface area contributed by atoms with E-state index in [1.807, 2.05) is 31.2 Å². The van der Waals surface area contributed by atoms with Crippen LogP contribution in [0.15, 0.2) is 46.1 Å². The summed E-state index contributed by atoms with van der Waals surface area (Å²) in [4.78, 5) is 51.8. The number of nitrogens with zero attached hydrogens (tertiary/aromatic N) is 2. The fourth-order valence-corrected chi connectivity index (χ4v) is 5.06. The molecule has 14 nitrogen and oxygen atoms in total. The highest BCUT2D eigenvalue weighted by Crippen LogP contribution is 2.57. The zero-order valence-corrected chi connectivity index (χ0v) is 19.6. The molecule has 0 bridgehead atoms. The molecule has 1 fully saturated rings. The SMILES string of the molecule is Cc1cccc(CCn2c(=O)ccn([C@@H]3O[C@H](COP(=O)(O)OP(=O)(O)O)[C@H](O)C3O)c2=O)c1. The van der Waals surface area contributed by atoms with Gasteiger partial charge in [0.2, 0.25) is 0 Å². The molecule has 5 atom stereocenters. The summed E-state index contributed by atoms with van der Waals surface area (Å²) in [5.74, 6) is 0. The number of aliphatic hydroxyl groups is 2. The summed E-state index contributed by atoms with van der Waals surface area (Å²) in [5, 5.41) is 20.6. The third-order valence-electron chi connectivity index (χ3n) is 5.02. The molecule has 1 aliphatic rings. The number of hydrogen-bond acceptors (Lipinski definition) is 9. The molecule has 3 rings (SSSR count). The minimum Gasteiger partial charge on any atom is -0.387 e. The van der Waals surface area contributed by atoms with Crippen molar-refractivity contribution in [3.63, 3.8) is 0 Å². The molecule has 1 aromatic carbocycles. The van der Waals surface area contributed by atoms with E-state index in [9.17, 15) is 33.8 Å². The van der Waals surface area contributed by atoms with Gasteiger partial charge in [0.05, 0.1) is 6.61 Å². The second-order valence-electron chi connectivity index (χ2n) is 7.62. The fraction of sp³-hybridized carbons (Fsp3) is 0.444. The van der Waals surface area contributed by atoms with E-state index in [1.54, 1.807) is 0 Å². The minimum atomic E-state index is -5.35. The van der Waals surface area contributed by atoms with Crippen LogP contribution in [0.5, 0.6) is 0 Å². The summed E-state index contributed by atoms with van der Waals surface area (Å²) < 4.78 is 37.6. The van der Waals surface area contributed by atoms with E-state index in [0.29, 0.717) is 6.42 Å². The van der Waals surface area contributed by atoms with E-state index in [0.717, 1.165) is 32.5 Å². The summed E-state index contributed by atoms with van der Waals surface area (Å²) >= 11 is 0. The number of ether oxygens (including phenoxy) is 1. The third-order valence-corrected chi connectivity index (χ3v) is 7.18. The van der Waals surface area contributed by atoms with E-state index in [4.69, 9.17) is 14.5 Å². The van der Waals surface area contributed by atoms with Crippen LogP contribution in [0.3, 0.4) is 0 Å². The van der Waals surface area contributed by atoms with Crippen molar-refractivity contribution in [3.05, 3.63) is 68.5 Å². The summed E-state index contributed by atoms with van der Waals surface area (Å²) in [6.45, 7) is 1.03. The lowest BCUT2D eigenvalue weighted by Gasteiger charge is -2.19. The molecule has 2 unspecified atom stereocenters. The van der Waals surface area contributed by atoms with Crippen molar-refractivity contribution < 1.29 is 47.6 Å². The molecule has 0 radical (unpaired) electrons. The molecule has 188 valence electrons. The van der Waals surface area contributed by atoms with Gasteiger partial charge >= 0.3 is 21.3 Å². The Kier molecular flexibility index (Phi) is 8.10. The Hall–Kier alpha value is -1.96. The first kappa shape index (κ1) is 26.6. The number of phosphoric ester groups is 1. The molecule has 34 heavy (non-hydrogen) atoms. The number of aliphatic hydroxyl groups excluding tert-OH is 2. The molecule has 5 N–H and O–H groups in total. The average Bonchev–Trinajstić information content (AvgIpc) is 2.99. The summed E-state index contributed by atoms with van der Waals surface area (Å²) in [6.07, 6.45) is -4.91. The standard InChI is InChI=1S/C18H24N2O12P2/c1-11-3-2-4-12(9-11)5-7-19-14(21)6-8-20(18(19)24)17-16(23)15(22)13(31-17)10-30-34(28,29)32-33(25,26)27/h2-4,6,8-9,13,15-17,22-23H,5,7,10H2,1H3,(H,28,29)(H2,25,26,27)/t13-,15+,16?,17-/m1/s1. The van der Waals surface area contributed by atoms with Gasteiger partial charge in [-0.3, -0.25) is 18.5 Å². The van der Waals surface area contributed by atoms with Crippen molar-refractivity contribution in [1.82, 2.24) is 9.13 Å². The van der Waals surface area contributed by atoms with Crippen LogP contribution >= 0.6 is 15.6 Å². The smallest absolute Gasteiger partial charge is 0.387 e. The first-order chi connectivity index (χ1) is 15.8. The van der Waals surface area contributed by atoms with Gasteiger partial charge in [-0.05, 0) is 18.9 Å². The first-order valence-corrected chi connectivity index (χ1v) is 12.9. The highest BCUT2D eigenvalue weighted by molar-refractivity contribution is 7.60. The molecular weight excluding hydrogens is 498 g/mol. The maximum Gasteiger partial charge on any atom is 0.481 e. The molecule has 0 aliphatic carbocycles. The lowest BCUT2D eigenvalue weighted by Crippen LogP contribution is -2.43. The molecule has 1 saturated heterocycles. The van der Waals surface area contributed by atoms with Crippen molar-refractivity contribution >= 4 is 15.6 Å². The highest BCUT2D eigenvalue weighted by Gasteiger charge is 2.45. The van der Waals surface area contributed by atoms with Gasteiger partial charge in [-0.2, -0.15) is 4.31 Å². The van der Waals surface area contributed by atoms with Crippen LogP contribution in [0, 0.1) is 6.92 Å². The Morgan fingerprint density at radius 1 is 1.09 bits per heavy atom. The number of phosphoric acid groups is 2. The van der Waals surface area contributed by atoms with E-state index in [-0.39, 0.29) is 6.54 Å². The molecule has 2 heterocycles. The quantitative estimate of drug-likeness (QED) is 0.262. The minimum absolute atomic E-state index is 0.0350. The van der Waals surface area contributed by atoms with Crippen LogP contribution in [-0.4, -0.2) is 58.9 Å². The lowest BCUT2D eigenvalue weighted by molar-refractivity contribution is -0.0548. The maximum atomic E-state index is 12.9. The second-order valence-corrected chi connectivity index (χ2v) is 10.4. The van der Waals surface area contributed by atoms with Crippen LogP contribution < -0.4 is 11.2 Å². The van der Waals surface area contributed by atoms with E-state index in [2.05, 4.69) is 8.83 Å². The zero-order chi connectivity index (χ0) is 25.3. The van der Waals surface area contributed by atoms with Gasteiger partial charge in [0.25, 0.3) is 5.56 Å². The largest absolute Gasteiger partial charge is 0.481 e. The van der Waals surface area contributed by atoms with Crippen LogP contribution in [0.4, 0.5) is 0 Å². The average molecular weight is 522 g/mol. The van der Waals surface area contributed by atoms with E-state index >= 15 is 0 Å². The number of rotatable bonds is 9. The Labute approximate surface area is 192 Å². The Bertz CT molecular complexity index is 1240. The van der Waals surface area contributed by atoms with Crippen LogP contribution in [-0.2, 0) is 35.7 Å². The van der Waals surface area contributed by atoms with Gasteiger partial charge in [0.1, 0.15) is 18.3 Å². The number of hydrogen-bond donors (Lipinski definition) is 5. The summed E-state index contributed by atoms with van der Waals surface area (Å²) in [5.41, 5.74) is 0.504. The topological polar surface area (TPSA) is 207 Å². The molecule has 1 aliphatic heterocycles. The fourth-order valence-electron chi connectivity index (χ4n) is 3.46. The lowest BCUT2D eigenvalue weighted by atomic mass is 10.1. The zero-order valence-electron chi connectivity index (χ0n) is 17.8. The third kappa shape index (κ3) is 6.58. The number of aromatic nitrogens is 2. The van der Waals surface area contributed by atoms with Gasteiger partial charge in [-0.25, -0.2) is 13.9 Å². The van der Waals surface area contributed by atoms with Crippen LogP contribution in [0.25, 0.3) is 0 Å². The van der Waals surface area contributed by atoms with Gasteiger partial charge in [0, 0.05) is 18.8 Å². The predicted molar refractivity (Wildman–Crippen MR) is 115 cm³/mol. The highest BCUT2D eigenvalue weighted by atomic mass is 31.3. The molecule has 1 aromatic heterocycles. The molecule has 2 aromatic rings. The summed E-state index contributed by atoms with van der Waals surface area (Å²) in [6, 6.07) is 8.59. The van der Waals surface area contributed by atoms with Gasteiger partial charge in [0.15, 0.2) is 6.23 Å². The van der Waals surface area contributed by atoms with Crippen molar-refractivity contribution in [2.24, 2.45) is 0 Å². The predicted octanol–water partition coefficient (Wildman–Crippen LogP) is -0.593. The Morgan fingerprint density at radius 3 is 2.44 bits per heavy atom. The van der Waals surface area contributed by atoms with E-state index in [1.165, 1.54) is 0 Å². The second kappa shape index (κ2) is 10.3. The molecule has 0 spiro atoms. The number of benzene rings is 1. The van der Waals surface area contributed by atoms with Crippen molar-refractivity contribution in [2.75, 3.05) is 6.61 Å². The maximum absolute atomic E-state index is 12.9. The normalized spacial score (nSPS) is 24.8. The first-order valence-electron chi connectivity index (χ1n) is 9.91. The molecule has 16 heteroatoms. The van der Waals surface area contributed by atoms with Crippen molar-refractivity contribution in [3.8, 4) is 0 Å². The Morgan fingerprint density at radius 2 is 1.79 bits per heavy atom. The monoisotopic (exact) mass is 522 g/mol. The van der Waals surface area contributed by atoms with Crippen LogP contribution in [0.2, 0.25) is 0 Å². The van der Waals surface area contributed by atoms with E-state index < -0.39 is 58.0 Å². The Balaban J connectivity index is 1.76. The van der Waals surface area contributed by atoms with Gasteiger partial charge in [-0.1, -0.05) is 29.8 Å². The van der Waals surface area contributed by atoms with Gasteiger partial charge < -0.3 is 29.6 Å². The molecular formula is C18H24N2O12P2. The van der Waals surface area contributed by atoms with Crippen LogP contribution in [0.1, 0.15) is 17.4 Å². The van der Waals surface area contributed by atoms with Crippen molar-refractivity contribution in [1.29, 1.82) is 0 Å². The summed E-state index contributed by atoms with van der Waals surface area (Å²) in [7, 11) is -10.6. The molecule has 0 saturated carbocycles. The number of aryl methyl sites for hydroxylation is 2.